The Kier molecular flexibility index (Phi) is 7.91. The first-order valence-electron chi connectivity index (χ1n) is 12.1. The van der Waals surface area contributed by atoms with Crippen molar-refractivity contribution in [3.05, 3.63) is 76.3 Å². The van der Waals surface area contributed by atoms with Crippen LogP contribution in [0.3, 0.4) is 0 Å². The van der Waals surface area contributed by atoms with Crippen molar-refractivity contribution in [3.8, 4) is 5.75 Å². The Morgan fingerprint density at radius 1 is 0.941 bits per heavy atom. The van der Waals surface area contributed by atoms with E-state index >= 15 is 0 Å². The predicted molar refractivity (Wildman–Crippen MR) is 145 cm³/mol. The van der Waals surface area contributed by atoms with Gasteiger partial charge < -0.3 is 10.1 Å². The van der Waals surface area contributed by atoms with Crippen LogP contribution in [0.15, 0.2) is 54.6 Å². The molecule has 0 radical (unpaired) electrons. The maximum absolute atomic E-state index is 6.26. The zero-order valence-electron chi connectivity index (χ0n) is 20.6. The maximum Gasteiger partial charge on any atom is 0.119 e. The standard InChI is InChI=1S/C29H34ClN3O/c1-5-14-33(19-22-16-20(2)7-8-21(22)3)15-6-13-31-29-25-11-9-23(30)17-28(25)32-27-12-10-24(34-4)18-26(27)29/h7-12,16-18H,5-6,13-15,19H2,1-4H3,(H,31,32). The highest BCUT2D eigenvalue weighted by Crippen LogP contribution is 2.34. The van der Waals surface area contributed by atoms with Crippen molar-refractivity contribution in [3.63, 3.8) is 0 Å². The molecule has 178 valence electrons. The second kappa shape index (κ2) is 11.1. The Bertz CT molecular complexity index is 1290. The van der Waals surface area contributed by atoms with Crippen molar-refractivity contribution in [1.82, 2.24) is 9.88 Å². The number of hydrogen-bond acceptors (Lipinski definition) is 4. The number of ether oxygens (including phenoxy) is 1. The van der Waals surface area contributed by atoms with Crippen LogP contribution in [0.25, 0.3) is 21.8 Å². The fraction of sp³-hybridized carbons (Fsp3) is 0.345. The van der Waals surface area contributed by atoms with Crippen LogP contribution in [0.1, 0.15) is 36.5 Å². The lowest BCUT2D eigenvalue weighted by molar-refractivity contribution is 0.264. The average Bonchev–Trinajstić information content (AvgIpc) is 2.83. The summed E-state index contributed by atoms with van der Waals surface area (Å²) >= 11 is 6.26. The third-order valence-electron chi connectivity index (χ3n) is 6.33. The summed E-state index contributed by atoms with van der Waals surface area (Å²) in [5, 5.41) is 6.55. The Balaban J connectivity index is 1.52. The quantitative estimate of drug-likeness (QED) is 0.192. The molecule has 4 nitrogen and oxygen atoms in total. The normalized spacial score (nSPS) is 11.5. The number of methoxy groups -OCH3 is 1. The number of aromatic nitrogens is 1. The fourth-order valence-electron chi connectivity index (χ4n) is 4.53. The number of halogens is 1. The zero-order valence-corrected chi connectivity index (χ0v) is 21.4. The lowest BCUT2D eigenvalue weighted by Crippen LogP contribution is -2.27. The molecule has 0 spiro atoms. The molecule has 0 fully saturated rings. The molecule has 4 rings (SSSR count). The van der Waals surface area contributed by atoms with Crippen LogP contribution >= 0.6 is 11.6 Å². The number of pyridine rings is 1. The van der Waals surface area contributed by atoms with Crippen molar-refractivity contribution in [2.75, 3.05) is 32.1 Å². The van der Waals surface area contributed by atoms with E-state index in [1.807, 2.05) is 24.3 Å². The van der Waals surface area contributed by atoms with Gasteiger partial charge in [-0.2, -0.15) is 0 Å². The number of nitrogens with zero attached hydrogens (tertiary/aromatic N) is 2. The van der Waals surface area contributed by atoms with Crippen LogP contribution in [0.4, 0.5) is 5.69 Å². The minimum atomic E-state index is 0.695. The minimum absolute atomic E-state index is 0.695. The lowest BCUT2D eigenvalue weighted by Gasteiger charge is -2.23. The van der Waals surface area contributed by atoms with Gasteiger partial charge in [0, 0.05) is 35.4 Å². The molecule has 0 saturated carbocycles. The van der Waals surface area contributed by atoms with E-state index in [2.05, 4.69) is 61.3 Å². The number of fused-ring (bicyclic) bond motifs is 2. The molecule has 0 saturated heterocycles. The smallest absolute Gasteiger partial charge is 0.119 e. The highest BCUT2D eigenvalue weighted by Gasteiger charge is 2.12. The molecule has 0 bridgehead atoms. The third-order valence-corrected chi connectivity index (χ3v) is 6.57. The van der Waals surface area contributed by atoms with Gasteiger partial charge in [-0.1, -0.05) is 42.3 Å². The van der Waals surface area contributed by atoms with Gasteiger partial charge >= 0.3 is 0 Å². The van der Waals surface area contributed by atoms with Crippen LogP contribution in [0.5, 0.6) is 5.75 Å². The molecule has 0 atom stereocenters. The number of hydrogen-bond donors (Lipinski definition) is 1. The van der Waals surface area contributed by atoms with Crippen LogP contribution < -0.4 is 10.1 Å². The van der Waals surface area contributed by atoms with Crippen LogP contribution in [0, 0.1) is 13.8 Å². The molecule has 0 unspecified atom stereocenters. The van der Waals surface area contributed by atoms with E-state index in [-0.39, 0.29) is 0 Å². The summed E-state index contributed by atoms with van der Waals surface area (Å²) < 4.78 is 5.48. The van der Waals surface area contributed by atoms with E-state index in [0.29, 0.717) is 5.02 Å². The molecule has 1 N–H and O–H groups in total. The summed E-state index contributed by atoms with van der Waals surface area (Å²) in [4.78, 5) is 7.39. The molecule has 3 aromatic carbocycles. The first-order chi connectivity index (χ1) is 16.5. The summed E-state index contributed by atoms with van der Waals surface area (Å²) in [6.45, 7) is 10.7. The van der Waals surface area contributed by atoms with Crippen molar-refractivity contribution in [2.45, 2.75) is 40.2 Å². The van der Waals surface area contributed by atoms with Crippen molar-refractivity contribution in [2.24, 2.45) is 0 Å². The first kappa shape index (κ1) is 24.3. The van der Waals surface area contributed by atoms with Crippen LogP contribution in [0.2, 0.25) is 5.02 Å². The number of nitrogens with one attached hydrogen (secondary N) is 1. The number of aryl methyl sites for hydroxylation is 2. The molecule has 4 aromatic rings. The monoisotopic (exact) mass is 475 g/mol. The maximum atomic E-state index is 6.26. The Morgan fingerprint density at radius 3 is 2.59 bits per heavy atom. The summed E-state index contributed by atoms with van der Waals surface area (Å²) in [7, 11) is 1.70. The third kappa shape index (κ3) is 5.63. The Hall–Kier alpha value is -2.82. The van der Waals surface area contributed by atoms with E-state index in [0.717, 1.165) is 72.3 Å². The fourth-order valence-corrected chi connectivity index (χ4v) is 4.69. The molecule has 1 heterocycles. The topological polar surface area (TPSA) is 37.4 Å². The Labute approximate surface area is 207 Å². The van der Waals surface area contributed by atoms with E-state index in [9.17, 15) is 0 Å². The largest absolute Gasteiger partial charge is 0.497 e. The Morgan fingerprint density at radius 2 is 1.79 bits per heavy atom. The molecular weight excluding hydrogens is 442 g/mol. The predicted octanol–water partition coefficient (Wildman–Crippen LogP) is 7.38. The highest BCUT2D eigenvalue weighted by atomic mass is 35.5. The van der Waals surface area contributed by atoms with E-state index < -0.39 is 0 Å². The SMILES string of the molecule is CCCN(CCCNc1c2ccc(Cl)cc2nc2ccc(OC)cc12)Cc1cc(C)ccc1C. The van der Waals surface area contributed by atoms with Crippen molar-refractivity contribution >= 4 is 39.1 Å². The molecular formula is C29H34ClN3O. The summed E-state index contributed by atoms with van der Waals surface area (Å²) in [6, 6.07) is 18.7. The average molecular weight is 476 g/mol. The van der Waals surface area contributed by atoms with Gasteiger partial charge in [0.1, 0.15) is 5.75 Å². The number of rotatable bonds is 10. The van der Waals surface area contributed by atoms with Gasteiger partial charge in [-0.15, -0.1) is 0 Å². The number of anilines is 1. The number of benzene rings is 3. The van der Waals surface area contributed by atoms with Crippen LogP contribution in [-0.4, -0.2) is 36.6 Å². The van der Waals surface area contributed by atoms with Gasteiger partial charge in [-0.05, 0) is 80.8 Å². The molecule has 1 aromatic heterocycles. The van der Waals surface area contributed by atoms with Gasteiger partial charge in [0.2, 0.25) is 0 Å². The van der Waals surface area contributed by atoms with Crippen molar-refractivity contribution < 1.29 is 4.74 Å². The van der Waals surface area contributed by atoms with Gasteiger partial charge in [-0.3, -0.25) is 4.90 Å². The minimum Gasteiger partial charge on any atom is -0.497 e. The molecule has 34 heavy (non-hydrogen) atoms. The first-order valence-corrected chi connectivity index (χ1v) is 12.5. The molecule has 0 aliphatic carbocycles. The van der Waals surface area contributed by atoms with E-state index in [4.69, 9.17) is 21.3 Å². The van der Waals surface area contributed by atoms with Gasteiger partial charge in [0.25, 0.3) is 0 Å². The van der Waals surface area contributed by atoms with Gasteiger partial charge in [0.15, 0.2) is 0 Å². The lowest BCUT2D eigenvalue weighted by atomic mass is 10.0. The van der Waals surface area contributed by atoms with E-state index in [1.54, 1.807) is 7.11 Å². The summed E-state index contributed by atoms with van der Waals surface area (Å²) in [5.74, 6) is 0.827. The zero-order chi connectivity index (χ0) is 24.1. The molecule has 0 amide bonds. The van der Waals surface area contributed by atoms with Crippen LogP contribution in [-0.2, 0) is 6.54 Å². The van der Waals surface area contributed by atoms with Gasteiger partial charge in [-0.25, -0.2) is 4.98 Å². The van der Waals surface area contributed by atoms with Gasteiger partial charge in [0.05, 0.1) is 23.8 Å². The molecule has 0 aliphatic rings. The summed E-state index contributed by atoms with van der Waals surface area (Å²) in [6.07, 6.45) is 2.20. The highest BCUT2D eigenvalue weighted by molar-refractivity contribution is 6.31. The summed E-state index contributed by atoms with van der Waals surface area (Å²) in [5.41, 5.74) is 7.04. The molecule has 5 heteroatoms. The van der Waals surface area contributed by atoms with Crippen molar-refractivity contribution in [1.29, 1.82) is 0 Å². The second-order valence-electron chi connectivity index (χ2n) is 9.02. The second-order valence-corrected chi connectivity index (χ2v) is 9.45. The van der Waals surface area contributed by atoms with E-state index in [1.165, 1.54) is 16.7 Å². The molecule has 0 aliphatic heterocycles.